The van der Waals surface area contributed by atoms with Crippen molar-refractivity contribution >= 4 is 27.3 Å². The van der Waals surface area contributed by atoms with E-state index < -0.39 is 10.7 Å². The number of halogens is 2. The van der Waals surface area contributed by atoms with Gasteiger partial charge in [-0.3, -0.25) is 10.1 Å². The fourth-order valence-electron chi connectivity index (χ4n) is 1.67. The second kappa shape index (κ2) is 5.87. The molecule has 0 atom stereocenters. The van der Waals surface area contributed by atoms with Crippen LogP contribution < -0.4 is 10.1 Å². The lowest BCUT2D eigenvalue weighted by Crippen LogP contribution is -1.99. The molecular weight excluding hydrogens is 331 g/mol. The Labute approximate surface area is 122 Å². The number of nitrogens with one attached hydrogen (secondary N) is 1. The third-order valence-electron chi connectivity index (χ3n) is 2.56. The summed E-state index contributed by atoms with van der Waals surface area (Å²) in [7, 11) is 1.58. The Morgan fingerprint density at radius 2 is 2.05 bits per heavy atom. The van der Waals surface area contributed by atoms with Gasteiger partial charge in [-0.1, -0.05) is 6.07 Å². The van der Waals surface area contributed by atoms with Crippen LogP contribution in [0.2, 0.25) is 0 Å². The number of hydrogen-bond acceptors (Lipinski definition) is 4. The number of para-hydroxylation sites is 1. The van der Waals surface area contributed by atoms with Crippen LogP contribution in [0.1, 0.15) is 0 Å². The van der Waals surface area contributed by atoms with Gasteiger partial charge in [0.1, 0.15) is 17.3 Å². The summed E-state index contributed by atoms with van der Waals surface area (Å²) in [6.07, 6.45) is 0. The molecule has 2 aromatic carbocycles. The van der Waals surface area contributed by atoms with E-state index >= 15 is 0 Å². The number of nitro benzene ring substituents is 1. The van der Waals surface area contributed by atoms with E-state index in [0.717, 1.165) is 0 Å². The largest absolute Gasteiger partial charge is 0.449 e. The van der Waals surface area contributed by atoms with Crippen molar-refractivity contribution in [1.82, 2.24) is 0 Å². The number of hydrogen-bond donors (Lipinski definition) is 1. The summed E-state index contributed by atoms with van der Waals surface area (Å²) >= 11 is 3.15. The Bertz CT molecular complexity index is 664. The number of benzene rings is 2. The number of nitro groups is 1. The topological polar surface area (TPSA) is 64.4 Å². The molecule has 2 rings (SSSR count). The zero-order chi connectivity index (χ0) is 14.7. The molecule has 20 heavy (non-hydrogen) atoms. The first-order valence-electron chi connectivity index (χ1n) is 5.61. The average molecular weight is 341 g/mol. The molecule has 0 spiro atoms. The maximum absolute atomic E-state index is 13.0. The van der Waals surface area contributed by atoms with Crippen LogP contribution in [0.3, 0.4) is 0 Å². The molecule has 0 saturated carbocycles. The van der Waals surface area contributed by atoms with Crippen LogP contribution in [-0.4, -0.2) is 12.0 Å². The summed E-state index contributed by atoms with van der Waals surface area (Å²) in [5.74, 6) is -0.0559. The minimum Gasteiger partial charge on any atom is -0.449 e. The van der Waals surface area contributed by atoms with Gasteiger partial charge in [-0.05, 0) is 46.3 Å². The molecule has 0 saturated heterocycles. The fraction of sp³-hybridized carbons (Fsp3) is 0.0769. The quantitative estimate of drug-likeness (QED) is 0.664. The van der Waals surface area contributed by atoms with Gasteiger partial charge in [-0.2, -0.15) is 0 Å². The second-order valence-electron chi connectivity index (χ2n) is 3.84. The lowest BCUT2D eigenvalue weighted by molar-refractivity contribution is -0.384. The molecule has 0 heterocycles. The van der Waals surface area contributed by atoms with Gasteiger partial charge >= 0.3 is 5.69 Å². The number of nitrogens with zero attached hydrogens (tertiary/aromatic N) is 1. The highest BCUT2D eigenvalue weighted by molar-refractivity contribution is 9.10. The van der Waals surface area contributed by atoms with Crippen LogP contribution in [0.25, 0.3) is 0 Å². The Morgan fingerprint density at radius 3 is 2.65 bits per heavy atom. The molecule has 0 bridgehead atoms. The monoisotopic (exact) mass is 340 g/mol. The first-order valence-corrected chi connectivity index (χ1v) is 6.40. The first-order chi connectivity index (χ1) is 9.52. The maximum atomic E-state index is 13.0. The Morgan fingerprint density at radius 1 is 1.30 bits per heavy atom. The molecule has 0 aliphatic carbocycles. The van der Waals surface area contributed by atoms with Gasteiger partial charge < -0.3 is 10.1 Å². The highest BCUT2D eigenvalue weighted by atomic mass is 79.9. The van der Waals surface area contributed by atoms with Crippen LogP contribution in [0.5, 0.6) is 11.5 Å². The third-order valence-corrected chi connectivity index (χ3v) is 3.18. The highest BCUT2D eigenvalue weighted by Crippen LogP contribution is 2.39. The van der Waals surface area contributed by atoms with Crippen molar-refractivity contribution in [3.8, 4) is 11.5 Å². The molecule has 5 nitrogen and oxygen atoms in total. The van der Waals surface area contributed by atoms with Crippen molar-refractivity contribution in [2.45, 2.75) is 0 Å². The molecular formula is C13H10BrFN2O3. The summed E-state index contributed by atoms with van der Waals surface area (Å²) in [5, 5.41) is 13.9. The van der Waals surface area contributed by atoms with E-state index in [9.17, 15) is 14.5 Å². The van der Waals surface area contributed by atoms with Gasteiger partial charge in [0.25, 0.3) is 0 Å². The van der Waals surface area contributed by atoms with E-state index in [-0.39, 0.29) is 11.4 Å². The molecule has 0 radical (unpaired) electrons. The minimum absolute atomic E-state index is 0.0779. The molecule has 1 N–H and O–H groups in total. The van der Waals surface area contributed by atoms with Gasteiger partial charge in [0.05, 0.1) is 9.40 Å². The normalized spacial score (nSPS) is 10.2. The standard InChI is InChI=1S/C13H10BrFN2O3/c1-16-10-3-2-4-12(13(10)17(18)19)20-11-6-5-8(15)7-9(11)14/h2-7,16H,1H3. The van der Waals surface area contributed by atoms with E-state index in [1.54, 1.807) is 19.2 Å². The Hall–Kier alpha value is -2.15. The summed E-state index contributed by atoms with van der Waals surface area (Å²) in [6.45, 7) is 0. The van der Waals surface area contributed by atoms with E-state index in [0.29, 0.717) is 15.9 Å². The summed E-state index contributed by atoms with van der Waals surface area (Å²) in [6, 6.07) is 8.52. The maximum Gasteiger partial charge on any atom is 0.334 e. The van der Waals surface area contributed by atoms with Crippen molar-refractivity contribution in [3.63, 3.8) is 0 Å². The van der Waals surface area contributed by atoms with Crippen molar-refractivity contribution in [2.75, 3.05) is 12.4 Å². The zero-order valence-electron chi connectivity index (χ0n) is 10.4. The SMILES string of the molecule is CNc1cccc(Oc2ccc(F)cc2Br)c1[N+](=O)[O-]. The van der Waals surface area contributed by atoms with E-state index in [2.05, 4.69) is 21.2 Å². The lowest BCUT2D eigenvalue weighted by atomic mass is 10.2. The summed E-state index contributed by atoms with van der Waals surface area (Å²) in [5.41, 5.74) is 0.164. The summed E-state index contributed by atoms with van der Waals surface area (Å²) < 4.78 is 18.9. The smallest absolute Gasteiger partial charge is 0.334 e. The molecule has 0 unspecified atom stereocenters. The third kappa shape index (κ3) is 2.88. The van der Waals surface area contributed by atoms with Crippen molar-refractivity contribution in [3.05, 3.63) is 56.8 Å². The second-order valence-corrected chi connectivity index (χ2v) is 4.69. The van der Waals surface area contributed by atoms with Crippen molar-refractivity contribution in [1.29, 1.82) is 0 Å². The average Bonchev–Trinajstić information content (AvgIpc) is 2.41. The van der Waals surface area contributed by atoms with Crippen molar-refractivity contribution in [2.24, 2.45) is 0 Å². The van der Waals surface area contributed by atoms with Gasteiger partial charge in [-0.15, -0.1) is 0 Å². The molecule has 0 fully saturated rings. The lowest BCUT2D eigenvalue weighted by Gasteiger charge is -2.10. The predicted molar refractivity (Wildman–Crippen MR) is 76.8 cm³/mol. The highest BCUT2D eigenvalue weighted by Gasteiger charge is 2.21. The molecule has 0 aliphatic heterocycles. The molecule has 0 aromatic heterocycles. The molecule has 0 amide bonds. The fourth-order valence-corrected chi connectivity index (χ4v) is 2.10. The minimum atomic E-state index is -0.529. The molecule has 0 aliphatic rings. The first kappa shape index (κ1) is 14.3. The Kier molecular flexibility index (Phi) is 4.19. The molecule has 2 aromatic rings. The van der Waals surface area contributed by atoms with E-state index in [1.165, 1.54) is 24.3 Å². The van der Waals surface area contributed by atoms with Crippen LogP contribution >= 0.6 is 15.9 Å². The van der Waals surface area contributed by atoms with Crippen molar-refractivity contribution < 1.29 is 14.1 Å². The van der Waals surface area contributed by atoms with Gasteiger partial charge in [0.15, 0.2) is 0 Å². The van der Waals surface area contributed by atoms with E-state index in [4.69, 9.17) is 4.74 Å². The number of rotatable bonds is 4. The van der Waals surface area contributed by atoms with Gasteiger partial charge in [-0.25, -0.2) is 4.39 Å². The van der Waals surface area contributed by atoms with Gasteiger partial charge in [0, 0.05) is 7.05 Å². The van der Waals surface area contributed by atoms with Crippen LogP contribution in [-0.2, 0) is 0 Å². The summed E-state index contributed by atoms with van der Waals surface area (Å²) in [4.78, 5) is 10.6. The van der Waals surface area contributed by atoms with Crippen LogP contribution in [0.4, 0.5) is 15.8 Å². The molecule has 104 valence electrons. The van der Waals surface area contributed by atoms with Crippen LogP contribution in [0, 0.1) is 15.9 Å². The number of anilines is 1. The van der Waals surface area contributed by atoms with E-state index in [1.807, 2.05) is 0 Å². The predicted octanol–water partition coefficient (Wildman–Crippen LogP) is 4.33. The Balaban J connectivity index is 2.45. The zero-order valence-corrected chi connectivity index (χ0v) is 12.0. The van der Waals surface area contributed by atoms with Crippen LogP contribution in [0.15, 0.2) is 40.9 Å². The molecule has 7 heteroatoms. The van der Waals surface area contributed by atoms with Gasteiger partial charge in [0.2, 0.25) is 5.75 Å². The number of ether oxygens (including phenoxy) is 1.